The predicted molar refractivity (Wildman–Crippen MR) is 106 cm³/mol. The summed E-state index contributed by atoms with van der Waals surface area (Å²) < 4.78 is 33.9. The molecule has 2 N–H and O–H groups in total. The van der Waals surface area contributed by atoms with E-state index in [2.05, 4.69) is 20.4 Å². The number of halogens is 2. The van der Waals surface area contributed by atoms with Crippen LogP contribution in [0.15, 0.2) is 24.3 Å². The summed E-state index contributed by atoms with van der Waals surface area (Å²) in [4.78, 5) is 28.9. The molecule has 0 spiro atoms. The van der Waals surface area contributed by atoms with Gasteiger partial charge in [0, 0.05) is 23.4 Å². The average molecular weight is 427 g/mol. The third kappa shape index (κ3) is 7.65. The zero-order chi connectivity index (χ0) is 21.6. The second kappa shape index (κ2) is 9.64. The van der Waals surface area contributed by atoms with E-state index in [0.29, 0.717) is 16.4 Å². The molecule has 0 unspecified atom stereocenters. The molecule has 0 fully saturated rings. The van der Waals surface area contributed by atoms with Crippen molar-refractivity contribution < 1.29 is 27.8 Å². The number of hydrogen-bond donors (Lipinski definition) is 2. The number of aryl methyl sites for hydroxylation is 1. The van der Waals surface area contributed by atoms with Crippen molar-refractivity contribution in [2.75, 3.05) is 11.9 Å². The van der Waals surface area contributed by atoms with Crippen LogP contribution in [0.25, 0.3) is 11.3 Å². The number of thiazole rings is 1. The number of hydrogen-bond acceptors (Lipinski definition) is 6. The van der Waals surface area contributed by atoms with Crippen molar-refractivity contribution in [3.8, 4) is 17.0 Å². The largest absolute Gasteiger partial charge is 0.444 e. The lowest BCUT2D eigenvalue weighted by atomic mass is 10.1. The smallest absolute Gasteiger partial charge is 0.407 e. The molecule has 0 atom stereocenters. The van der Waals surface area contributed by atoms with Gasteiger partial charge in [-0.3, -0.25) is 4.79 Å². The molecule has 0 saturated heterocycles. The fourth-order valence-electron chi connectivity index (χ4n) is 2.29. The van der Waals surface area contributed by atoms with Gasteiger partial charge in [0.05, 0.1) is 5.69 Å². The Morgan fingerprint density at radius 1 is 1.21 bits per heavy atom. The van der Waals surface area contributed by atoms with Crippen LogP contribution in [-0.2, 0) is 9.53 Å². The van der Waals surface area contributed by atoms with E-state index in [1.54, 1.807) is 32.9 Å². The summed E-state index contributed by atoms with van der Waals surface area (Å²) >= 11 is 1.29. The van der Waals surface area contributed by atoms with E-state index in [9.17, 15) is 18.4 Å². The van der Waals surface area contributed by atoms with Crippen molar-refractivity contribution in [2.45, 2.75) is 46.3 Å². The minimum Gasteiger partial charge on any atom is -0.444 e. The van der Waals surface area contributed by atoms with Crippen molar-refractivity contribution >= 4 is 28.5 Å². The van der Waals surface area contributed by atoms with Crippen molar-refractivity contribution in [2.24, 2.45) is 0 Å². The Hall–Kier alpha value is -2.75. The second-order valence-electron chi connectivity index (χ2n) is 7.05. The third-order valence-electron chi connectivity index (χ3n) is 3.42. The number of rotatable bonds is 7. The Labute approximate surface area is 171 Å². The number of amides is 2. The summed E-state index contributed by atoms with van der Waals surface area (Å²) in [6.07, 6.45) is -0.524. The van der Waals surface area contributed by atoms with Gasteiger partial charge in [0.25, 0.3) is 0 Å². The maximum absolute atomic E-state index is 12.2. The Morgan fingerprint density at radius 3 is 2.45 bits per heavy atom. The van der Waals surface area contributed by atoms with Gasteiger partial charge in [-0.15, -0.1) is 11.3 Å². The Bertz CT molecular complexity index is 848. The maximum Gasteiger partial charge on any atom is 0.407 e. The lowest BCUT2D eigenvalue weighted by Gasteiger charge is -2.19. The van der Waals surface area contributed by atoms with E-state index >= 15 is 0 Å². The molecule has 0 radical (unpaired) electrons. The van der Waals surface area contributed by atoms with Crippen LogP contribution in [-0.4, -0.2) is 35.7 Å². The third-order valence-corrected chi connectivity index (χ3v) is 4.30. The fourth-order valence-corrected chi connectivity index (χ4v) is 3.14. The minimum absolute atomic E-state index is 0.0580. The molecule has 1 aromatic heterocycles. The monoisotopic (exact) mass is 427 g/mol. The van der Waals surface area contributed by atoms with E-state index in [-0.39, 0.29) is 24.6 Å². The molecule has 2 rings (SSSR count). The molecule has 29 heavy (non-hydrogen) atoms. The normalized spacial score (nSPS) is 11.3. The minimum atomic E-state index is -2.88. The number of nitrogens with zero attached hydrogens (tertiary/aromatic N) is 1. The van der Waals surface area contributed by atoms with E-state index in [4.69, 9.17) is 4.74 Å². The topological polar surface area (TPSA) is 89.6 Å². The van der Waals surface area contributed by atoms with E-state index < -0.39 is 18.3 Å². The Morgan fingerprint density at radius 2 is 1.86 bits per heavy atom. The fraction of sp³-hybridized carbons (Fsp3) is 0.421. The summed E-state index contributed by atoms with van der Waals surface area (Å²) in [5.74, 6) is -0.246. The number of carbonyl (C=O) groups is 2. The van der Waals surface area contributed by atoms with Gasteiger partial charge in [0.2, 0.25) is 5.91 Å². The van der Waals surface area contributed by atoms with Gasteiger partial charge >= 0.3 is 12.7 Å². The molecule has 0 saturated carbocycles. The van der Waals surface area contributed by atoms with Crippen LogP contribution in [0.1, 0.15) is 32.1 Å². The van der Waals surface area contributed by atoms with Gasteiger partial charge in [-0.05, 0) is 52.0 Å². The predicted octanol–water partition coefficient (Wildman–Crippen LogP) is 4.57. The first kappa shape index (κ1) is 22.5. The van der Waals surface area contributed by atoms with E-state index in [0.717, 1.165) is 4.88 Å². The number of anilines is 1. The molecule has 0 aliphatic heterocycles. The molecule has 10 heteroatoms. The first-order valence-corrected chi connectivity index (χ1v) is 9.64. The van der Waals surface area contributed by atoms with Crippen molar-refractivity contribution in [3.05, 3.63) is 29.1 Å². The van der Waals surface area contributed by atoms with Crippen molar-refractivity contribution in [3.63, 3.8) is 0 Å². The molecule has 2 aromatic rings. The standard InChI is InChI=1S/C19H23F2N3O4S/c1-11-15(12-5-7-13(8-6-12)27-16(20)21)24-17(29-11)23-14(25)9-10-22-18(26)28-19(2,3)4/h5-8,16H,9-10H2,1-4H3,(H,22,26)(H,23,24,25). The summed E-state index contributed by atoms with van der Waals surface area (Å²) in [5, 5.41) is 5.61. The highest BCUT2D eigenvalue weighted by Gasteiger charge is 2.16. The molecule has 158 valence electrons. The highest BCUT2D eigenvalue weighted by atomic mass is 32.1. The summed E-state index contributed by atoms with van der Waals surface area (Å²) in [6, 6.07) is 6.11. The lowest BCUT2D eigenvalue weighted by Crippen LogP contribution is -2.34. The van der Waals surface area contributed by atoms with Gasteiger partial charge in [0.15, 0.2) is 5.13 Å². The quantitative estimate of drug-likeness (QED) is 0.675. The van der Waals surface area contributed by atoms with Crippen LogP contribution in [0.4, 0.5) is 18.7 Å². The first-order chi connectivity index (χ1) is 13.5. The molecule has 0 bridgehead atoms. The molecule has 0 aliphatic rings. The molecule has 1 aromatic carbocycles. The second-order valence-corrected chi connectivity index (χ2v) is 8.26. The number of alkyl halides is 2. The molecular formula is C19H23F2N3O4S. The zero-order valence-corrected chi connectivity index (χ0v) is 17.4. The highest BCUT2D eigenvalue weighted by Crippen LogP contribution is 2.31. The van der Waals surface area contributed by atoms with Crippen LogP contribution < -0.4 is 15.4 Å². The van der Waals surface area contributed by atoms with Gasteiger partial charge in [-0.1, -0.05) is 0 Å². The van der Waals surface area contributed by atoms with Crippen LogP contribution in [0.5, 0.6) is 5.75 Å². The molecule has 0 aliphatic carbocycles. The average Bonchev–Trinajstić information content (AvgIpc) is 2.93. The Balaban J connectivity index is 1.89. The van der Waals surface area contributed by atoms with Gasteiger partial charge in [0.1, 0.15) is 11.4 Å². The van der Waals surface area contributed by atoms with Crippen LogP contribution in [0.2, 0.25) is 0 Å². The molecule has 7 nitrogen and oxygen atoms in total. The van der Waals surface area contributed by atoms with Crippen molar-refractivity contribution in [1.29, 1.82) is 0 Å². The summed E-state index contributed by atoms with van der Waals surface area (Å²) in [6.45, 7) is 4.34. The van der Waals surface area contributed by atoms with Gasteiger partial charge < -0.3 is 20.1 Å². The zero-order valence-electron chi connectivity index (χ0n) is 16.5. The number of ether oxygens (including phenoxy) is 2. The van der Waals surface area contributed by atoms with Crippen molar-refractivity contribution in [1.82, 2.24) is 10.3 Å². The lowest BCUT2D eigenvalue weighted by molar-refractivity contribution is -0.116. The molecule has 2 amide bonds. The maximum atomic E-state index is 12.2. The molecular weight excluding hydrogens is 404 g/mol. The van der Waals surface area contributed by atoms with Crippen LogP contribution in [0.3, 0.4) is 0 Å². The SMILES string of the molecule is Cc1sc(NC(=O)CCNC(=O)OC(C)(C)C)nc1-c1ccc(OC(F)F)cc1. The number of alkyl carbamates (subject to hydrolysis) is 1. The van der Waals surface area contributed by atoms with Crippen LogP contribution in [0, 0.1) is 6.92 Å². The van der Waals surface area contributed by atoms with Gasteiger partial charge in [-0.2, -0.15) is 8.78 Å². The number of carbonyl (C=O) groups excluding carboxylic acids is 2. The number of nitrogens with one attached hydrogen (secondary N) is 2. The highest BCUT2D eigenvalue weighted by molar-refractivity contribution is 7.16. The summed E-state index contributed by atoms with van der Waals surface area (Å²) in [5.41, 5.74) is 0.749. The summed E-state index contributed by atoms with van der Waals surface area (Å²) in [7, 11) is 0. The molecule has 1 heterocycles. The Kier molecular flexibility index (Phi) is 7.49. The number of aromatic nitrogens is 1. The van der Waals surface area contributed by atoms with Crippen LogP contribution >= 0.6 is 11.3 Å². The first-order valence-electron chi connectivity index (χ1n) is 8.83. The van der Waals surface area contributed by atoms with Gasteiger partial charge in [-0.25, -0.2) is 9.78 Å². The number of benzene rings is 1. The van der Waals surface area contributed by atoms with E-state index in [1.165, 1.54) is 23.5 Å². The van der Waals surface area contributed by atoms with E-state index in [1.807, 2.05) is 6.92 Å².